The SMILES string of the molecule is Clc1ccccc1COc1ncc(I)cn1. The van der Waals surface area contributed by atoms with E-state index in [1.54, 1.807) is 12.4 Å². The lowest BCUT2D eigenvalue weighted by Gasteiger charge is -2.05. The summed E-state index contributed by atoms with van der Waals surface area (Å²) in [5, 5.41) is 0.688. The van der Waals surface area contributed by atoms with Crippen LogP contribution in [0.4, 0.5) is 0 Å². The summed E-state index contributed by atoms with van der Waals surface area (Å²) in [7, 11) is 0. The highest BCUT2D eigenvalue weighted by Gasteiger charge is 2.01. The zero-order chi connectivity index (χ0) is 11.4. The van der Waals surface area contributed by atoms with Crippen molar-refractivity contribution in [2.75, 3.05) is 0 Å². The molecule has 82 valence electrons. The molecule has 2 aromatic rings. The van der Waals surface area contributed by atoms with Gasteiger partial charge in [-0.1, -0.05) is 29.8 Å². The van der Waals surface area contributed by atoms with Crippen molar-refractivity contribution >= 4 is 34.2 Å². The van der Waals surface area contributed by atoms with Crippen LogP contribution in [0.15, 0.2) is 36.7 Å². The number of hydrogen-bond donors (Lipinski definition) is 0. The van der Waals surface area contributed by atoms with E-state index >= 15 is 0 Å². The molecule has 0 aliphatic carbocycles. The van der Waals surface area contributed by atoms with Crippen molar-refractivity contribution in [1.82, 2.24) is 9.97 Å². The minimum atomic E-state index is 0.361. The summed E-state index contributed by atoms with van der Waals surface area (Å²) < 4.78 is 6.39. The second-order valence-corrected chi connectivity index (χ2v) is 4.72. The highest BCUT2D eigenvalue weighted by molar-refractivity contribution is 14.1. The summed E-state index contributed by atoms with van der Waals surface area (Å²) in [5.41, 5.74) is 0.923. The van der Waals surface area contributed by atoms with E-state index in [-0.39, 0.29) is 0 Å². The van der Waals surface area contributed by atoms with Gasteiger partial charge in [0.1, 0.15) is 6.61 Å². The minimum Gasteiger partial charge on any atom is -0.459 e. The molecular formula is C11H8ClIN2O. The molecule has 1 aromatic heterocycles. The van der Waals surface area contributed by atoms with E-state index in [0.717, 1.165) is 9.13 Å². The quantitative estimate of drug-likeness (QED) is 0.800. The van der Waals surface area contributed by atoms with Gasteiger partial charge in [-0.15, -0.1) is 0 Å². The minimum absolute atomic E-state index is 0.361. The van der Waals surface area contributed by atoms with E-state index in [2.05, 4.69) is 32.6 Å². The van der Waals surface area contributed by atoms with Crippen molar-refractivity contribution in [2.24, 2.45) is 0 Å². The smallest absolute Gasteiger partial charge is 0.316 e. The number of ether oxygens (including phenoxy) is 1. The lowest BCUT2D eigenvalue weighted by molar-refractivity contribution is 0.280. The Balaban J connectivity index is 2.02. The Kier molecular flexibility index (Phi) is 3.95. The summed E-state index contributed by atoms with van der Waals surface area (Å²) in [6.07, 6.45) is 3.41. The van der Waals surface area contributed by atoms with Crippen LogP contribution in [-0.2, 0) is 6.61 Å². The molecule has 0 aliphatic rings. The van der Waals surface area contributed by atoms with Crippen molar-refractivity contribution in [3.63, 3.8) is 0 Å². The molecule has 0 saturated carbocycles. The van der Waals surface area contributed by atoms with Crippen molar-refractivity contribution in [2.45, 2.75) is 6.61 Å². The van der Waals surface area contributed by atoms with Crippen LogP contribution in [0, 0.1) is 3.57 Å². The molecule has 5 heteroatoms. The highest BCUT2D eigenvalue weighted by atomic mass is 127. The molecule has 0 unspecified atom stereocenters. The van der Waals surface area contributed by atoms with Crippen LogP contribution in [-0.4, -0.2) is 9.97 Å². The van der Waals surface area contributed by atoms with Gasteiger partial charge in [0.2, 0.25) is 0 Å². The van der Waals surface area contributed by atoms with E-state index in [1.807, 2.05) is 24.3 Å². The van der Waals surface area contributed by atoms with Crippen LogP contribution in [0.1, 0.15) is 5.56 Å². The predicted octanol–water partition coefficient (Wildman–Crippen LogP) is 3.31. The fraction of sp³-hybridized carbons (Fsp3) is 0.0909. The average Bonchev–Trinajstić information content (AvgIpc) is 2.30. The molecule has 0 amide bonds. The first-order valence-electron chi connectivity index (χ1n) is 4.59. The lowest BCUT2D eigenvalue weighted by atomic mass is 10.2. The Morgan fingerprint density at radius 3 is 2.56 bits per heavy atom. The number of hydrogen-bond acceptors (Lipinski definition) is 3. The summed E-state index contributed by atoms with van der Waals surface area (Å²) in [6.45, 7) is 0.375. The molecule has 1 aromatic carbocycles. The molecule has 2 rings (SSSR count). The largest absolute Gasteiger partial charge is 0.459 e. The number of halogens is 2. The molecular weight excluding hydrogens is 338 g/mol. The summed E-state index contributed by atoms with van der Waals surface area (Å²) in [4.78, 5) is 8.08. The molecule has 3 nitrogen and oxygen atoms in total. The lowest BCUT2D eigenvalue weighted by Crippen LogP contribution is -1.99. The number of rotatable bonds is 3. The Morgan fingerprint density at radius 2 is 1.88 bits per heavy atom. The van der Waals surface area contributed by atoms with E-state index < -0.39 is 0 Å². The summed E-state index contributed by atoms with van der Waals surface area (Å²) >= 11 is 8.13. The predicted molar refractivity (Wildman–Crippen MR) is 70.5 cm³/mol. The topological polar surface area (TPSA) is 35.0 Å². The van der Waals surface area contributed by atoms with Crippen molar-refractivity contribution in [1.29, 1.82) is 0 Å². The van der Waals surface area contributed by atoms with Crippen LogP contribution in [0.25, 0.3) is 0 Å². The molecule has 0 atom stereocenters. The maximum Gasteiger partial charge on any atom is 0.316 e. The van der Waals surface area contributed by atoms with Crippen molar-refractivity contribution in [3.8, 4) is 6.01 Å². The van der Waals surface area contributed by atoms with Crippen LogP contribution in [0.5, 0.6) is 6.01 Å². The molecule has 1 heterocycles. The molecule has 16 heavy (non-hydrogen) atoms. The summed E-state index contributed by atoms with van der Waals surface area (Å²) in [5.74, 6) is 0. The Labute approximate surface area is 112 Å². The first-order chi connectivity index (χ1) is 7.75. The van der Waals surface area contributed by atoms with Crippen LogP contribution in [0.2, 0.25) is 5.02 Å². The van der Waals surface area contributed by atoms with Gasteiger partial charge in [-0.25, -0.2) is 9.97 Å². The fourth-order valence-electron chi connectivity index (χ4n) is 1.13. The van der Waals surface area contributed by atoms with Gasteiger partial charge in [-0.05, 0) is 28.7 Å². The van der Waals surface area contributed by atoms with E-state index in [9.17, 15) is 0 Å². The third kappa shape index (κ3) is 3.05. The zero-order valence-electron chi connectivity index (χ0n) is 8.23. The molecule has 0 radical (unpaired) electrons. The highest BCUT2D eigenvalue weighted by Crippen LogP contribution is 2.16. The zero-order valence-corrected chi connectivity index (χ0v) is 11.1. The molecule has 0 fully saturated rings. The van der Waals surface area contributed by atoms with Crippen molar-refractivity contribution < 1.29 is 4.74 Å². The normalized spacial score (nSPS) is 10.1. The van der Waals surface area contributed by atoms with Gasteiger partial charge in [0, 0.05) is 26.5 Å². The van der Waals surface area contributed by atoms with Gasteiger partial charge in [0.25, 0.3) is 0 Å². The number of aromatic nitrogens is 2. The van der Waals surface area contributed by atoms with Gasteiger partial charge >= 0.3 is 6.01 Å². The van der Waals surface area contributed by atoms with E-state index in [1.165, 1.54) is 0 Å². The number of benzene rings is 1. The van der Waals surface area contributed by atoms with Gasteiger partial charge < -0.3 is 4.74 Å². The van der Waals surface area contributed by atoms with E-state index in [0.29, 0.717) is 17.6 Å². The molecule has 0 spiro atoms. The second-order valence-electron chi connectivity index (χ2n) is 3.06. The van der Waals surface area contributed by atoms with Gasteiger partial charge in [-0.3, -0.25) is 0 Å². The van der Waals surface area contributed by atoms with Crippen LogP contribution >= 0.6 is 34.2 Å². The maximum atomic E-state index is 5.99. The van der Waals surface area contributed by atoms with Gasteiger partial charge in [0.05, 0.1) is 0 Å². The van der Waals surface area contributed by atoms with Crippen LogP contribution < -0.4 is 4.74 Å². The van der Waals surface area contributed by atoms with Crippen LogP contribution in [0.3, 0.4) is 0 Å². The average molecular weight is 347 g/mol. The first-order valence-corrected chi connectivity index (χ1v) is 6.05. The molecule has 0 bridgehead atoms. The van der Waals surface area contributed by atoms with Crippen molar-refractivity contribution in [3.05, 3.63) is 50.8 Å². The Bertz CT molecular complexity index is 476. The third-order valence-corrected chi connectivity index (χ3v) is 2.84. The molecule has 0 saturated heterocycles. The maximum absolute atomic E-state index is 5.99. The molecule has 0 N–H and O–H groups in total. The van der Waals surface area contributed by atoms with Gasteiger partial charge in [0.15, 0.2) is 0 Å². The fourth-order valence-corrected chi connectivity index (χ4v) is 1.60. The third-order valence-electron chi connectivity index (χ3n) is 1.91. The first kappa shape index (κ1) is 11.6. The second kappa shape index (κ2) is 5.45. The van der Waals surface area contributed by atoms with E-state index in [4.69, 9.17) is 16.3 Å². The Hall–Kier alpha value is -0.880. The van der Waals surface area contributed by atoms with Gasteiger partial charge in [-0.2, -0.15) is 0 Å². The Morgan fingerprint density at radius 1 is 1.19 bits per heavy atom. The monoisotopic (exact) mass is 346 g/mol. The standard InChI is InChI=1S/C11H8ClIN2O/c12-10-4-2-1-3-8(10)7-16-11-14-5-9(13)6-15-11/h1-6H,7H2. The molecule has 0 aliphatic heterocycles. The summed E-state index contributed by atoms with van der Waals surface area (Å²) in [6, 6.07) is 7.90. The number of nitrogens with zero attached hydrogens (tertiary/aromatic N) is 2.